The molecule has 0 aliphatic rings. The summed E-state index contributed by atoms with van der Waals surface area (Å²) in [6, 6.07) is 7.89. The minimum absolute atomic E-state index is 0.0980. The lowest BCUT2D eigenvalue weighted by Gasteiger charge is -2.13. The highest BCUT2D eigenvalue weighted by molar-refractivity contribution is 5.95. The normalized spacial score (nSPS) is 10.1. The second-order valence-electron chi connectivity index (χ2n) is 5.68. The summed E-state index contributed by atoms with van der Waals surface area (Å²) < 4.78 is 10.4. The number of anilines is 3. The molecule has 0 fully saturated rings. The van der Waals surface area contributed by atoms with Crippen molar-refractivity contribution < 1.29 is 19.2 Å². The lowest BCUT2D eigenvalue weighted by molar-refractivity contribution is -0.383. The van der Waals surface area contributed by atoms with Crippen molar-refractivity contribution in [3.8, 4) is 11.5 Å². The number of aromatic nitrogens is 3. The van der Waals surface area contributed by atoms with Gasteiger partial charge in [-0.05, 0) is 24.3 Å². The highest BCUT2D eigenvalue weighted by atomic mass is 16.6. The Kier molecular flexibility index (Phi) is 6.17. The molecular weight excluding hydrogens is 394 g/mol. The second-order valence-corrected chi connectivity index (χ2v) is 5.68. The maximum absolute atomic E-state index is 12.2. The number of pyridine rings is 1. The minimum atomic E-state index is -0.667. The minimum Gasteiger partial charge on any atom is -0.497 e. The fraction of sp³-hybridized carbons (Fsp3) is 0.111. The lowest BCUT2D eigenvalue weighted by atomic mass is 10.2. The van der Waals surface area contributed by atoms with E-state index >= 15 is 0 Å². The molecule has 0 radical (unpaired) electrons. The van der Waals surface area contributed by atoms with Gasteiger partial charge in [-0.2, -0.15) is 0 Å². The SMILES string of the molecule is COc1ccc(Nc2ncnc(NNC(=O)c3ccncc3)c2[N+](=O)[O-])c(OC)c1. The molecule has 3 N–H and O–H groups in total. The van der Waals surface area contributed by atoms with Crippen LogP contribution in [0.5, 0.6) is 11.5 Å². The zero-order valence-electron chi connectivity index (χ0n) is 15.9. The van der Waals surface area contributed by atoms with E-state index in [1.54, 1.807) is 18.2 Å². The predicted molar refractivity (Wildman–Crippen MR) is 107 cm³/mol. The first kappa shape index (κ1) is 20.3. The summed E-state index contributed by atoms with van der Waals surface area (Å²) in [7, 11) is 2.96. The Hall–Kier alpha value is -4.48. The standard InChI is InChI=1S/C18H17N7O5/c1-29-12-3-4-13(14(9-12)30-2)22-16-15(25(27)28)17(21-10-20-16)23-24-18(26)11-5-7-19-8-6-11/h3-10H,1-2H3,(H,24,26)(H2,20,21,22,23). The number of hydrogen-bond acceptors (Lipinski definition) is 10. The number of benzene rings is 1. The van der Waals surface area contributed by atoms with E-state index in [4.69, 9.17) is 9.47 Å². The number of nitro groups is 1. The van der Waals surface area contributed by atoms with Crippen molar-refractivity contribution in [1.29, 1.82) is 0 Å². The van der Waals surface area contributed by atoms with E-state index in [2.05, 4.69) is 31.1 Å². The topological polar surface area (TPSA) is 153 Å². The molecule has 30 heavy (non-hydrogen) atoms. The molecule has 0 aliphatic carbocycles. The molecule has 3 aromatic rings. The lowest BCUT2D eigenvalue weighted by Crippen LogP contribution is -2.30. The number of ether oxygens (including phenoxy) is 2. The maximum atomic E-state index is 12.2. The summed E-state index contributed by atoms with van der Waals surface area (Å²) in [4.78, 5) is 34.8. The molecule has 0 spiro atoms. The molecule has 0 aliphatic heterocycles. The van der Waals surface area contributed by atoms with Crippen LogP contribution in [-0.2, 0) is 0 Å². The van der Waals surface area contributed by atoms with Gasteiger partial charge in [0.1, 0.15) is 17.8 Å². The van der Waals surface area contributed by atoms with Gasteiger partial charge in [0.2, 0.25) is 11.6 Å². The first-order chi connectivity index (χ1) is 14.5. The first-order valence-corrected chi connectivity index (χ1v) is 8.48. The maximum Gasteiger partial charge on any atom is 0.355 e. The summed E-state index contributed by atoms with van der Waals surface area (Å²) in [5.41, 5.74) is 5.09. The molecule has 0 saturated heterocycles. The molecule has 0 bridgehead atoms. The third-order valence-corrected chi connectivity index (χ3v) is 3.90. The third-order valence-electron chi connectivity index (χ3n) is 3.90. The summed E-state index contributed by atoms with van der Waals surface area (Å²) in [6.45, 7) is 0. The van der Waals surface area contributed by atoms with Crippen molar-refractivity contribution in [2.75, 3.05) is 25.0 Å². The van der Waals surface area contributed by atoms with Crippen LogP contribution < -0.4 is 25.6 Å². The largest absolute Gasteiger partial charge is 0.497 e. The number of hydrogen-bond donors (Lipinski definition) is 3. The monoisotopic (exact) mass is 411 g/mol. The molecule has 2 aromatic heterocycles. The highest BCUT2D eigenvalue weighted by Crippen LogP contribution is 2.35. The van der Waals surface area contributed by atoms with Gasteiger partial charge in [-0.15, -0.1) is 0 Å². The number of hydrazine groups is 1. The number of carbonyl (C=O) groups is 1. The number of carbonyl (C=O) groups excluding carboxylic acids is 1. The quantitative estimate of drug-likeness (QED) is 0.371. The Morgan fingerprint density at radius 2 is 1.80 bits per heavy atom. The highest BCUT2D eigenvalue weighted by Gasteiger charge is 2.24. The molecule has 0 saturated carbocycles. The van der Waals surface area contributed by atoms with E-state index in [-0.39, 0.29) is 11.6 Å². The van der Waals surface area contributed by atoms with Gasteiger partial charge >= 0.3 is 5.69 Å². The number of methoxy groups -OCH3 is 2. The molecular formula is C18H17N7O5. The molecule has 3 rings (SSSR count). The van der Waals surface area contributed by atoms with E-state index in [0.717, 1.165) is 6.33 Å². The van der Waals surface area contributed by atoms with Crippen molar-refractivity contribution in [2.24, 2.45) is 0 Å². The first-order valence-electron chi connectivity index (χ1n) is 8.48. The smallest absolute Gasteiger partial charge is 0.355 e. The Morgan fingerprint density at radius 1 is 1.07 bits per heavy atom. The van der Waals surface area contributed by atoms with Gasteiger partial charge in [0.05, 0.1) is 24.8 Å². The fourth-order valence-corrected chi connectivity index (χ4v) is 2.46. The Balaban J connectivity index is 1.86. The van der Waals surface area contributed by atoms with Gasteiger partial charge in [0.15, 0.2) is 0 Å². The number of nitrogens with one attached hydrogen (secondary N) is 3. The predicted octanol–water partition coefficient (Wildman–Crippen LogP) is 2.30. The van der Waals surface area contributed by atoms with Crippen molar-refractivity contribution in [2.45, 2.75) is 0 Å². The fourth-order valence-electron chi connectivity index (χ4n) is 2.46. The van der Waals surface area contributed by atoms with E-state index in [0.29, 0.717) is 22.7 Å². The van der Waals surface area contributed by atoms with Crippen molar-refractivity contribution >= 4 is 28.9 Å². The van der Waals surface area contributed by atoms with Crippen LogP contribution in [0.2, 0.25) is 0 Å². The van der Waals surface area contributed by atoms with Crippen LogP contribution in [0.4, 0.5) is 23.0 Å². The Bertz CT molecular complexity index is 1060. The van der Waals surface area contributed by atoms with Crippen molar-refractivity contribution in [3.05, 3.63) is 64.7 Å². The van der Waals surface area contributed by atoms with Crippen LogP contribution >= 0.6 is 0 Å². The molecule has 12 nitrogen and oxygen atoms in total. The van der Waals surface area contributed by atoms with Crippen LogP contribution in [0.3, 0.4) is 0 Å². The molecule has 154 valence electrons. The van der Waals surface area contributed by atoms with Crippen LogP contribution in [-0.4, -0.2) is 40.0 Å². The van der Waals surface area contributed by atoms with Gasteiger partial charge in [-0.1, -0.05) is 0 Å². The molecule has 2 heterocycles. The Morgan fingerprint density at radius 3 is 2.47 bits per heavy atom. The van der Waals surface area contributed by atoms with Gasteiger partial charge < -0.3 is 14.8 Å². The molecule has 0 unspecified atom stereocenters. The van der Waals surface area contributed by atoms with Gasteiger partial charge in [0.25, 0.3) is 5.91 Å². The zero-order chi connectivity index (χ0) is 21.5. The van der Waals surface area contributed by atoms with Crippen molar-refractivity contribution in [3.63, 3.8) is 0 Å². The average Bonchev–Trinajstić information content (AvgIpc) is 2.78. The van der Waals surface area contributed by atoms with Gasteiger partial charge in [-0.25, -0.2) is 9.97 Å². The molecule has 1 aromatic carbocycles. The van der Waals surface area contributed by atoms with E-state index in [1.807, 2.05) is 0 Å². The van der Waals surface area contributed by atoms with Gasteiger partial charge in [-0.3, -0.25) is 30.7 Å². The van der Waals surface area contributed by atoms with Gasteiger partial charge in [0, 0.05) is 24.0 Å². The van der Waals surface area contributed by atoms with E-state index in [1.165, 1.54) is 38.7 Å². The molecule has 1 amide bonds. The second kappa shape index (κ2) is 9.14. The van der Waals surface area contributed by atoms with Crippen molar-refractivity contribution in [1.82, 2.24) is 20.4 Å². The molecule has 12 heteroatoms. The average molecular weight is 411 g/mol. The summed E-state index contributed by atoms with van der Waals surface area (Å²) >= 11 is 0. The number of amides is 1. The van der Waals surface area contributed by atoms with Crippen LogP contribution in [0.25, 0.3) is 0 Å². The Labute approximate surface area is 170 Å². The van der Waals surface area contributed by atoms with E-state index < -0.39 is 16.5 Å². The number of rotatable bonds is 8. The van der Waals surface area contributed by atoms with Crippen LogP contribution in [0.15, 0.2) is 49.1 Å². The third kappa shape index (κ3) is 4.49. The van der Waals surface area contributed by atoms with Crippen LogP contribution in [0, 0.1) is 10.1 Å². The van der Waals surface area contributed by atoms with E-state index in [9.17, 15) is 14.9 Å². The van der Waals surface area contributed by atoms with Crippen LogP contribution in [0.1, 0.15) is 10.4 Å². The molecule has 0 atom stereocenters. The summed E-state index contributed by atoms with van der Waals surface area (Å²) in [5, 5.41) is 14.5. The number of nitrogens with zero attached hydrogens (tertiary/aromatic N) is 4. The summed E-state index contributed by atoms with van der Waals surface area (Å²) in [5.74, 6) is 0.127. The summed E-state index contributed by atoms with van der Waals surface area (Å²) in [6.07, 6.45) is 4.02. The zero-order valence-corrected chi connectivity index (χ0v) is 15.9.